The number of hydrogen-bond donors (Lipinski definition) is 0. The Hall–Kier alpha value is -1.17. The zero-order chi connectivity index (χ0) is 20.1. The minimum atomic E-state index is -1.90. The van der Waals surface area contributed by atoms with E-state index in [9.17, 15) is 0 Å². The van der Waals surface area contributed by atoms with Crippen molar-refractivity contribution in [1.82, 2.24) is 4.98 Å². The van der Waals surface area contributed by atoms with E-state index < -0.39 is 8.32 Å². The maximum absolute atomic E-state index is 6.77. The van der Waals surface area contributed by atoms with Crippen LogP contribution in [0, 0.1) is 0 Å². The van der Waals surface area contributed by atoms with Crippen LogP contribution < -0.4 is 4.74 Å². The molecular weight excluding hydrogens is 418 g/mol. The normalized spacial score (nSPS) is 14.6. The first kappa shape index (κ1) is 22.1. The van der Waals surface area contributed by atoms with Crippen molar-refractivity contribution in [2.24, 2.45) is 0 Å². The third kappa shape index (κ3) is 6.44. The molecule has 148 valence electrons. The van der Waals surface area contributed by atoms with E-state index in [1.54, 1.807) is 6.20 Å². The molecule has 1 aromatic carbocycles. The second-order valence-electron chi connectivity index (χ2n) is 8.50. The van der Waals surface area contributed by atoms with Crippen LogP contribution in [-0.2, 0) is 10.8 Å². The van der Waals surface area contributed by atoms with Gasteiger partial charge in [0.2, 0.25) is 0 Å². The molecule has 2 rings (SSSR count). The maximum Gasteiger partial charge on any atom is 0.192 e. The van der Waals surface area contributed by atoms with Gasteiger partial charge in [0, 0.05) is 23.3 Å². The predicted molar refractivity (Wildman–Crippen MR) is 119 cm³/mol. The number of ether oxygens (including phenoxy) is 1. The molecule has 0 saturated heterocycles. The number of halogens is 1. The minimum absolute atomic E-state index is 0.0368. The van der Waals surface area contributed by atoms with Gasteiger partial charge in [0.25, 0.3) is 0 Å². The summed E-state index contributed by atoms with van der Waals surface area (Å²) in [7, 11) is -1.90. The molecule has 0 aliphatic carbocycles. The molecule has 2 aromatic rings. The van der Waals surface area contributed by atoms with Crippen molar-refractivity contribution in [3.63, 3.8) is 0 Å². The molecule has 1 heterocycles. The molecule has 0 aliphatic heterocycles. The Morgan fingerprint density at radius 3 is 2.26 bits per heavy atom. The SMILES string of the molecule is CCC(O[Si](C)(C)C(C)(C)C)[C@H](Cc1cccnc1)Oc1ccc(Br)cc1. The van der Waals surface area contributed by atoms with Gasteiger partial charge < -0.3 is 9.16 Å². The highest BCUT2D eigenvalue weighted by molar-refractivity contribution is 9.10. The van der Waals surface area contributed by atoms with Crippen molar-refractivity contribution in [2.75, 3.05) is 0 Å². The quantitative estimate of drug-likeness (QED) is 0.423. The molecule has 0 aliphatic rings. The summed E-state index contributed by atoms with van der Waals surface area (Å²) in [5, 5.41) is 0.164. The van der Waals surface area contributed by atoms with Gasteiger partial charge in [-0.15, -0.1) is 0 Å². The third-order valence-corrected chi connectivity index (χ3v) is 10.4. The van der Waals surface area contributed by atoms with E-state index in [1.807, 2.05) is 36.5 Å². The molecule has 0 amide bonds. The standard InChI is InChI=1S/C22H32BrNO2Si/c1-7-20(26-27(5,6)22(2,3)4)21(15-17-9-8-14-24-16-17)25-19-12-10-18(23)11-13-19/h8-14,16,20-21H,7,15H2,1-6H3/t20?,21-/m0/s1. The highest BCUT2D eigenvalue weighted by Gasteiger charge is 2.40. The lowest BCUT2D eigenvalue weighted by atomic mass is 10.0. The van der Waals surface area contributed by atoms with Crippen LogP contribution in [0.2, 0.25) is 18.1 Å². The highest BCUT2D eigenvalue weighted by atomic mass is 79.9. The molecule has 1 unspecified atom stereocenters. The van der Waals surface area contributed by atoms with Gasteiger partial charge in [0.1, 0.15) is 11.9 Å². The molecule has 3 nitrogen and oxygen atoms in total. The minimum Gasteiger partial charge on any atom is -0.487 e. The maximum atomic E-state index is 6.77. The second kappa shape index (κ2) is 9.35. The van der Waals surface area contributed by atoms with Gasteiger partial charge in [-0.25, -0.2) is 0 Å². The first-order valence-corrected chi connectivity index (χ1v) is 13.3. The monoisotopic (exact) mass is 449 g/mol. The summed E-state index contributed by atoms with van der Waals surface area (Å²) in [6.45, 7) is 13.6. The molecule has 0 N–H and O–H groups in total. The Bertz CT molecular complexity index is 699. The molecule has 5 heteroatoms. The number of benzene rings is 1. The number of hydrogen-bond acceptors (Lipinski definition) is 3. The summed E-state index contributed by atoms with van der Waals surface area (Å²) in [5.41, 5.74) is 1.16. The van der Waals surface area contributed by atoms with Gasteiger partial charge in [0.05, 0.1) is 6.10 Å². The molecule has 1 aromatic heterocycles. The predicted octanol–water partition coefficient (Wildman–Crippen LogP) is 6.63. The Balaban J connectivity index is 2.26. The summed E-state index contributed by atoms with van der Waals surface area (Å²) < 4.78 is 14.2. The molecular formula is C22H32BrNO2Si. The van der Waals surface area contributed by atoms with Crippen LogP contribution in [0.4, 0.5) is 0 Å². The van der Waals surface area contributed by atoms with Gasteiger partial charge in [-0.2, -0.15) is 0 Å². The fourth-order valence-corrected chi connectivity index (χ4v) is 4.36. The van der Waals surface area contributed by atoms with Gasteiger partial charge in [0.15, 0.2) is 8.32 Å². The van der Waals surface area contributed by atoms with E-state index in [2.05, 4.69) is 67.8 Å². The van der Waals surface area contributed by atoms with Gasteiger partial charge >= 0.3 is 0 Å². The Kier molecular flexibility index (Phi) is 7.66. The molecule has 0 saturated carbocycles. The van der Waals surface area contributed by atoms with Crippen LogP contribution in [0.15, 0.2) is 53.3 Å². The molecule has 0 radical (unpaired) electrons. The van der Waals surface area contributed by atoms with Crippen molar-refractivity contribution < 1.29 is 9.16 Å². The lowest BCUT2D eigenvalue weighted by Gasteiger charge is -2.41. The second-order valence-corrected chi connectivity index (χ2v) is 14.2. The van der Waals surface area contributed by atoms with E-state index in [1.165, 1.54) is 0 Å². The zero-order valence-corrected chi connectivity index (χ0v) is 19.9. The Morgan fingerprint density at radius 2 is 1.74 bits per heavy atom. The number of pyridine rings is 1. The van der Waals surface area contributed by atoms with Crippen molar-refractivity contribution >= 4 is 24.2 Å². The van der Waals surface area contributed by atoms with Gasteiger partial charge in [-0.3, -0.25) is 4.98 Å². The summed E-state index contributed by atoms with van der Waals surface area (Å²) in [6.07, 6.45) is 5.38. The fraction of sp³-hybridized carbons (Fsp3) is 0.500. The summed E-state index contributed by atoms with van der Waals surface area (Å²) >= 11 is 3.49. The summed E-state index contributed by atoms with van der Waals surface area (Å²) in [4.78, 5) is 4.26. The van der Waals surface area contributed by atoms with Gasteiger partial charge in [-0.05, 0) is 60.4 Å². The smallest absolute Gasteiger partial charge is 0.192 e. The number of aromatic nitrogens is 1. The average molecular weight is 450 g/mol. The molecule has 0 spiro atoms. The largest absolute Gasteiger partial charge is 0.487 e. The lowest BCUT2D eigenvalue weighted by Crippen LogP contribution is -2.48. The third-order valence-electron chi connectivity index (χ3n) is 5.33. The van der Waals surface area contributed by atoms with Crippen LogP contribution in [0.1, 0.15) is 39.7 Å². The molecule has 0 bridgehead atoms. The van der Waals surface area contributed by atoms with E-state index in [0.717, 1.165) is 28.6 Å². The summed E-state index contributed by atoms with van der Waals surface area (Å²) in [6, 6.07) is 12.1. The zero-order valence-electron chi connectivity index (χ0n) is 17.3. The molecule has 27 heavy (non-hydrogen) atoms. The average Bonchev–Trinajstić information content (AvgIpc) is 2.61. The summed E-state index contributed by atoms with van der Waals surface area (Å²) in [5.74, 6) is 0.865. The van der Waals surface area contributed by atoms with Crippen molar-refractivity contribution in [3.05, 3.63) is 58.8 Å². The number of nitrogens with zero attached hydrogens (tertiary/aromatic N) is 1. The Morgan fingerprint density at radius 1 is 1.07 bits per heavy atom. The van der Waals surface area contributed by atoms with Gasteiger partial charge in [-0.1, -0.05) is 49.7 Å². The number of rotatable bonds is 8. The first-order chi connectivity index (χ1) is 12.6. The van der Waals surface area contributed by atoms with E-state index >= 15 is 0 Å². The van der Waals surface area contributed by atoms with E-state index in [-0.39, 0.29) is 17.2 Å². The first-order valence-electron chi connectivity index (χ1n) is 9.61. The van der Waals surface area contributed by atoms with Crippen molar-refractivity contribution in [3.8, 4) is 5.75 Å². The van der Waals surface area contributed by atoms with Crippen LogP contribution in [0.3, 0.4) is 0 Å². The van der Waals surface area contributed by atoms with E-state index in [0.29, 0.717) is 0 Å². The lowest BCUT2D eigenvalue weighted by molar-refractivity contribution is 0.0421. The van der Waals surface area contributed by atoms with Crippen molar-refractivity contribution in [2.45, 2.75) is 70.9 Å². The van der Waals surface area contributed by atoms with Crippen LogP contribution in [0.25, 0.3) is 0 Å². The molecule has 0 fully saturated rings. The topological polar surface area (TPSA) is 31.4 Å². The van der Waals surface area contributed by atoms with Crippen LogP contribution in [0.5, 0.6) is 5.75 Å². The highest BCUT2D eigenvalue weighted by Crippen LogP contribution is 2.38. The van der Waals surface area contributed by atoms with Crippen LogP contribution >= 0.6 is 15.9 Å². The van der Waals surface area contributed by atoms with E-state index in [4.69, 9.17) is 9.16 Å². The molecule has 2 atom stereocenters. The van der Waals surface area contributed by atoms with Crippen molar-refractivity contribution in [1.29, 1.82) is 0 Å². The van der Waals surface area contributed by atoms with Crippen LogP contribution in [-0.4, -0.2) is 25.5 Å². The Labute approximate surface area is 173 Å². The fourth-order valence-electron chi connectivity index (χ4n) is 2.67.